The first-order valence-electron chi connectivity index (χ1n) is 11.1. The Bertz CT molecular complexity index is 1330. The molecule has 4 rings (SSSR count). The first-order chi connectivity index (χ1) is 16.9. The predicted molar refractivity (Wildman–Crippen MR) is 136 cm³/mol. The van der Waals surface area contributed by atoms with Gasteiger partial charge in [0.2, 0.25) is 0 Å². The second-order valence-electron chi connectivity index (χ2n) is 8.08. The molecule has 1 aliphatic rings. The van der Waals surface area contributed by atoms with E-state index in [4.69, 9.17) is 9.47 Å². The van der Waals surface area contributed by atoms with Crippen molar-refractivity contribution in [2.75, 3.05) is 13.2 Å². The molecule has 3 aromatic rings. The highest BCUT2D eigenvalue weighted by Crippen LogP contribution is 2.32. The molecule has 6 nitrogen and oxygen atoms in total. The molecule has 0 saturated carbocycles. The van der Waals surface area contributed by atoms with Gasteiger partial charge in [0.05, 0.1) is 23.1 Å². The van der Waals surface area contributed by atoms with Crippen molar-refractivity contribution in [2.45, 2.75) is 20.5 Å². The fourth-order valence-electron chi connectivity index (χ4n) is 3.53. The van der Waals surface area contributed by atoms with Crippen LogP contribution in [0.5, 0.6) is 11.5 Å². The van der Waals surface area contributed by atoms with Gasteiger partial charge in [-0.2, -0.15) is 5.26 Å². The molecule has 1 fully saturated rings. The number of amides is 2. The third-order valence-electron chi connectivity index (χ3n) is 5.50. The minimum atomic E-state index is -0.321. The van der Waals surface area contributed by atoms with Gasteiger partial charge in [-0.3, -0.25) is 14.5 Å². The molecule has 0 radical (unpaired) electrons. The van der Waals surface area contributed by atoms with Crippen LogP contribution in [-0.4, -0.2) is 29.2 Å². The normalized spacial score (nSPS) is 14.3. The van der Waals surface area contributed by atoms with Crippen LogP contribution in [0.1, 0.15) is 27.8 Å². The summed E-state index contributed by atoms with van der Waals surface area (Å²) in [5.41, 5.74) is 4.27. The van der Waals surface area contributed by atoms with Crippen molar-refractivity contribution in [3.8, 4) is 17.6 Å². The van der Waals surface area contributed by atoms with Gasteiger partial charge in [0.15, 0.2) is 0 Å². The molecule has 1 heterocycles. The lowest BCUT2D eigenvalue weighted by Crippen LogP contribution is -2.32. The number of hydrogen-bond acceptors (Lipinski definition) is 6. The van der Waals surface area contributed by atoms with Crippen LogP contribution in [0.4, 0.5) is 4.79 Å². The molecule has 0 atom stereocenters. The van der Waals surface area contributed by atoms with Gasteiger partial charge in [0.25, 0.3) is 11.1 Å². The van der Waals surface area contributed by atoms with Crippen molar-refractivity contribution >= 4 is 29.0 Å². The summed E-state index contributed by atoms with van der Waals surface area (Å²) in [6.45, 7) is 4.65. The van der Waals surface area contributed by atoms with Crippen molar-refractivity contribution in [3.63, 3.8) is 0 Å². The molecule has 3 aromatic carbocycles. The lowest BCUT2D eigenvalue weighted by Gasteiger charge is -2.14. The van der Waals surface area contributed by atoms with Gasteiger partial charge >= 0.3 is 0 Å². The molecule has 35 heavy (non-hydrogen) atoms. The summed E-state index contributed by atoms with van der Waals surface area (Å²) in [4.78, 5) is 26.8. The second kappa shape index (κ2) is 10.9. The van der Waals surface area contributed by atoms with Crippen LogP contribution in [-0.2, 0) is 11.4 Å². The standard InChI is InChI=1S/C28H24N2O4S/c1-19-7-8-20(2)25(15-19)33-14-13-30-27(31)26(35-28(30)32)16-21-9-11-24(12-10-21)34-18-23-6-4-3-5-22(23)17-29/h3-12,15-16H,13-14,18H2,1-2H3/b26-16-. The van der Waals surface area contributed by atoms with Gasteiger partial charge in [0.1, 0.15) is 24.7 Å². The van der Waals surface area contributed by atoms with Crippen LogP contribution in [0.25, 0.3) is 6.08 Å². The van der Waals surface area contributed by atoms with E-state index in [1.54, 1.807) is 24.3 Å². The zero-order valence-corrected chi connectivity index (χ0v) is 20.3. The summed E-state index contributed by atoms with van der Waals surface area (Å²) in [5.74, 6) is 1.08. The number of nitriles is 1. The number of rotatable bonds is 8. The van der Waals surface area contributed by atoms with Crippen molar-refractivity contribution in [2.24, 2.45) is 0 Å². The van der Waals surface area contributed by atoms with Gasteiger partial charge in [0, 0.05) is 5.56 Å². The maximum Gasteiger partial charge on any atom is 0.293 e. The topological polar surface area (TPSA) is 79.6 Å². The molecule has 0 unspecified atom stereocenters. The van der Waals surface area contributed by atoms with Crippen molar-refractivity contribution in [1.29, 1.82) is 5.26 Å². The Kier molecular flexibility index (Phi) is 7.54. The monoisotopic (exact) mass is 484 g/mol. The average Bonchev–Trinajstić information content (AvgIpc) is 3.13. The van der Waals surface area contributed by atoms with Crippen LogP contribution < -0.4 is 9.47 Å². The zero-order valence-electron chi connectivity index (χ0n) is 19.5. The van der Waals surface area contributed by atoms with Crippen LogP contribution in [0.2, 0.25) is 0 Å². The summed E-state index contributed by atoms with van der Waals surface area (Å²) >= 11 is 0.925. The van der Waals surface area contributed by atoms with Gasteiger partial charge < -0.3 is 9.47 Å². The largest absolute Gasteiger partial charge is 0.491 e. The quantitative estimate of drug-likeness (QED) is 0.372. The maximum atomic E-state index is 12.8. The second-order valence-corrected chi connectivity index (χ2v) is 9.07. The van der Waals surface area contributed by atoms with Gasteiger partial charge in [-0.15, -0.1) is 0 Å². The smallest absolute Gasteiger partial charge is 0.293 e. The van der Waals surface area contributed by atoms with Crippen LogP contribution >= 0.6 is 11.8 Å². The Morgan fingerprint density at radius 3 is 2.54 bits per heavy atom. The Balaban J connectivity index is 1.34. The van der Waals surface area contributed by atoms with E-state index in [9.17, 15) is 14.9 Å². The van der Waals surface area contributed by atoms with Crippen molar-refractivity contribution in [3.05, 3.63) is 99.5 Å². The van der Waals surface area contributed by atoms with Crippen molar-refractivity contribution in [1.82, 2.24) is 4.90 Å². The van der Waals surface area contributed by atoms with Crippen molar-refractivity contribution < 1.29 is 19.1 Å². The molecule has 0 spiro atoms. The van der Waals surface area contributed by atoms with Gasteiger partial charge in [-0.05, 0) is 72.6 Å². The summed E-state index contributed by atoms with van der Waals surface area (Å²) in [7, 11) is 0. The Morgan fingerprint density at radius 1 is 1.00 bits per heavy atom. The van der Waals surface area contributed by atoms with Crippen LogP contribution in [0.3, 0.4) is 0 Å². The zero-order chi connectivity index (χ0) is 24.8. The number of carbonyl (C=O) groups excluding carboxylic acids is 2. The minimum absolute atomic E-state index is 0.187. The molecule has 1 aliphatic heterocycles. The first kappa shape index (κ1) is 24.1. The maximum absolute atomic E-state index is 12.8. The number of hydrogen-bond donors (Lipinski definition) is 0. The molecule has 0 bridgehead atoms. The van der Waals surface area contributed by atoms with E-state index >= 15 is 0 Å². The lowest BCUT2D eigenvalue weighted by molar-refractivity contribution is -0.123. The Morgan fingerprint density at radius 2 is 1.77 bits per heavy atom. The Labute approximate surface area is 208 Å². The average molecular weight is 485 g/mol. The lowest BCUT2D eigenvalue weighted by atomic mass is 10.1. The number of benzene rings is 3. The highest BCUT2D eigenvalue weighted by Gasteiger charge is 2.34. The summed E-state index contributed by atoms with van der Waals surface area (Å²) in [6, 6.07) is 22.6. The van der Waals surface area contributed by atoms with Crippen LogP contribution in [0, 0.1) is 25.2 Å². The molecule has 0 N–H and O–H groups in total. The fraction of sp³-hybridized carbons (Fsp3) is 0.179. The van der Waals surface area contributed by atoms with E-state index in [2.05, 4.69) is 6.07 Å². The molecular weight excluding hydrogens is 460 g/mol. The van der Waals surface area contributed by atoms with Gasteiger partial charge in [-0.1, -0.05) is 42.5 Å². The van der Waals surface area contributed by atoms with E-state index in [0.717, 1.165) is 39.8 Å². The first-order valence-corrected chi connectivity index (χ1v) is 11.9. The highest BCUT2D eigenvalue weighted by molar-refractivity contribution is 8.18. The Hall–Kier alpha value is -4.02. The molecule has 2 amide bonds. The third-order valence-corrected chi connectivity index (χ3v) is 6.41. The van der Waals surface area contributed by atoms with E-state index in [1.807, 2.05) is 62.4 Å². The molecule has 176 valence electrons. The van der Waals surface area contributed by atoms with Gasteiger partial charge in [-0.25, -0.2) is 0 Å². The minimum Gasteiger partial charge on any atom is -0.491 e. The van der Waals surface area contributed by atoms with E-state index in [-0.39, 0.29) is 30.9 Å². The summed E-state index contributed by atoms with van der Waals surface area (Å²) in [6.07, 6.45) is 1.70. The molecule has 0 aromatic heterocycles. The summed E-state index contributed by atoms with van der Waals surface area (Å²) < 4.78 is 11.6. The number of carbonyl (C=O) groups is 2. The third kappa shape index (κ3) is 5.92. The molecule has 1 saturated heterocycles. The SMILES string of the molecule is Cc1ccc(C)c(OCCN2C(=O)S/C(=C\c3ccc(OCc4ccccc4C#N)cc3)C2=O)c1. The van der Waals surface area contributed by atoms with E-state index in [0.29, 0.717) is 16.2 Å². The molecule has 0 aliphatic carbocycles. The number of thioether (sulfide) groups is 1. The number of imide groups is 1. The predicted octanol–water partition coefficient (Wildman–Crippen LogP) is 5.87. The highest BCUT2D eigenvalue weighted by atomic mass is 32.2. The number of ether oxygens (including phenoxy) is 2. The number of nitrogens with zero attached hydrogens (tertiary/aromatic N) is 2. The molecule has 7 heteroatoms. The number of aryl methyl sites for hydroxylation is 2. The van der Waals surface area contributed by atoms with E-state index < -0.39 is 0 Å². The van der Waals surface area contributed by atoms with Crippen LogP contribution in [0.15, 0.2) is 71.6 Å². The fourth-order valence-corrected chi connectivity index (χ4v) is 4.40. The molecular formula is C28H24N2O4S. The summed E-state index contributed by atoms with van der Waals surface area (Å²) in [5, 5.41) is 8.89. The van der Waals surface area contributed by atoms with E-state index in [1.165, 1.54) is 4.90 Å².